The van der Waals surface area contributed by atoms with Gasteiger partial charge >= 0.3 is 6.03 Å². The van der Waals surface area contributed by atoms with E-state index in [1.165, 1.54) is 5.56 Å². The van der Waals surface area contributed by atoms with Crippen molar-refractivity contribution in [1.29, 1.82) is 0 Å². The molecule has 0 bridgehead atoms. The van der Waals surface area contributed by atoms with Crippen molar-refractivity contribution in [2.75, 3.05) is 13.1 Å². The van der Waals surface area contributed by atoms with Crippen LogP contribution in [0.5, 0.6) is 0 Å². The number of rotatable bonds is 3. The lowest BCUT2D eigenvalue weighted by molar-refractivity contribution is 0.183. The first-order valence-electron chi connectivity index (χ1n) is 6.84. The van der Waals surface area contributed by atoms with Gasteiger partial charge in [0.05, 0.1) is 0 Å². The van der Waals surface area contributed by atoms with Gasteiger partial charge in [0.25, 0.3) is 0 Å². The predicted molar refractivity (Wildman–Crippen MR) is 73.9 cm³/mol. The number of carbonyl (C=O) groups is 1. The van der Waals surface area contributed by atoms with Crippen molar-refractivity contribution in [1.82, 2.24) is 10.2 Å². The van der Waals surface area contributed by atoms with E-state index in [1.807, 2.05) is 13.8 Å². The number of nitrogens with two attached hydrogens (primary N) is 1. The van der Waals surface area contributed by atoms with E-state index in [0.29, 0.717) is 6.04 Å². The summed E-state index contributed by atoms with van der Waals surface area (Å²) in [5, 5.41) is 3.61. The van der Waals surface area contributed by atoms with E-state index in [0.717, 1.165) is 37.5 Å². The largest absolute Gasteiger partial charge is 0.466 e. The van der Waals surface area contributed by atoms with Gasteiger partial charge in [-0.25, -0.2) is 4.79 Å². The summed E-state index contributed by atoms with van der Waals surface area (Å²) in [5.41, 5.74) is 6.50. The molecule has 1 fully saturated rings. The maximum atomic E-state index is 11.1. The Bertz CT molecular complexity index is 448. The zero-order valence-electron chi connectivity index (χ0n) is 11.9. The molecule has 1 aliphatic rings. The first kappa shape index (κ1) is 13.9. The third-order valence-corrected chi connectivity index (χ3v) is 3.84. The number of aryl methyl sites for hydroxylation is 2. The molecule has 0 saturated carbocycles. The fraction of sp³-hybridized carbons (Fsp3) is 0.643. The van der Waals surface area contributed by atoms with Crippen molar-refractivity contribution >= 4 is 6.03 Å². The first-order chi connectivity index (χ1) is 8.97. The van der Waals surface area contributed by atoms with Gasteiger partial charge in [0.15, 0.2) is 0 Å². The van der Waals surface area contributed by atoms with Gasteiger partial charge in [-0.15, -0.1) is 0 Å². The Kier molecular flexibility index (Phi) is 4.14. The van der Waals surface area contributed by atoms with Crippen molar-refractivity contribution in [3.63, 3.8) is 0 Å². The van der Waals surface area contributed by atoms with E-state index in [2.05, 4.69) is 18.3 Å². The van der Waals surface area contributed by atoms with E-state index >= 15 is 0 Å². The second-order valence-electron chi connectivity index (χ2n) is 5.36. The maximum Gasteiger partial charge on any atom is 0.314 e. The van der Waals surface area contributed by atoms with Gasteiger partial charge < -0.3 is 20.4 Å². The van der Waals surface area contributed by atoms with Crippen LogP contribution < -0.4 is 11.1 Å². The van der Waals surface area contributed by atoms with Gasteiger partial charge in [0.1, 0.15) is 11.5 Å². The van der Waals surface area contributed by atoms with E-state index in [4.69, 9.17) is 10.2 Å². The summed E-state index contributed by atoms with van der Waals surface area (Å²) >= 11 is 0. The van der Waals surface area contributed by atoms with Gasteiger partial charge in [-0.05, 0) is 39.7 Å². The molecule has 5 nitrogen and oxygen atoms in total. The first-order valence-corrected chi connectivity index (χ1v) is 6.84. The summed E-state index contributed by atoms with van der Waals surface area (Å²) < 4.78 is 5.56. The number of nitrogens with zero attached hydrogens (tertiary/aromatic N) is 1. The molecule has 0 aliphatic carbocycles. The lowest BCUT2D eigenvalue weighted by Crippen LogP contribution is -2.47. The number of piperidine rings is 1. The van der Waals surface area contributed by atoms with Crippen molar-refractivity contribution in [2.24, 2.45) is 5.73 Å². The molecular weight excluding hydrogens is 242 g/mol. The van der Waals surface area contributed by atoms with E-state index in [-0.39, 0.29) is 12.1 Å². The average molecular weight is 265 g/mol. The van der Waals surface area contributed by atoms with Crippen LogP contribution in [0, 0.1) is 13.8 Å². The fourth-order valence-corrected chi connectivity index (χ4v) is 2.79. The van der Waals surface area contributed by atoms with Gasteiger partial charge in [0.2, 0.25) is 0 Å². The van der Waals surface area contributed by atoms with Gasteiger partial charge in [-0.1, -0.05) is 0 Å². The number of hydrogen-bond donors (Lipinski definition) is 2. The summed E-state index contributed by atoms with van der Waals surface area (Å²) in [6, 6.07) is 2.47. The smallest absolute Gasteiger partial charge is 0.314 e. The lowest BCUT2D eigenvalue weighted by Gasteiger charge is -2.32. The lowest BCUT2D eigenvalue weighted by atomic mass is 10.0. The minimum atomic E-state index is -0.312. The third kappa shape index (κ3) is 3.29. The molecule has 3 N–H and O–H groups in total. The Labute approximate surface area is 114 Å². The monoisotopic (exact) mass is 265 g/mol. The van der Waals surface area contributed by atoms with Crippen LogP contribution in [0.25, 0.3) is 0 Å². The quantitative estimate of drug-likeness (QED) is 0.879. The number of nitrogens with one attached hydrogen (secondary N) is 1. The molecule has 2 heterocycles. The number of carbonyl (C=O) groups excluding carboxylic acids is 1. The molecule has 1 aromatic rings. The number of hydrogen-bond acceptors (Lipinski definition) is 3. The molecule has 1 unspecified atom stereocenters. The Balaban J connectivity index is 1.89. The van der Waals surface area contributed by atoms with Crippen molar-refractivity contribution in [2.45, 2.75) is 45.7 Å². The van der Waals surface area contributed by atoms with Crippen LogP contribution >= 0.6 is 0 Å². The average Bonchev–Trinajstić information content (AvgIpc) is 2.69. The Morgan fingerprint density at radius 1 is 1.47 bits per heavy atom. The molecule has 2 rings (SSSR count). The zero-order valence-corrected chi connectivity index (χ0v) is 11.9. The summed E-state index contributed by atoms with van der Waals surface area (Å²) in [6.45, 7) is 7.59. The number of likely N-dealkylation sites (tertiary alicyclic amines) is 1. The minimum absolute atomic E-state index is 0.266. The Morgan fingerprint density at radius 2 is 2.11 bits per heavy atom. The molecule has 1 aliphatic heterocycles. The van der Waals surface area contributed by atoms with Crippen LogP contribution in [0.1, 0.15) is 42.9 Å². The molecule has 2 amide bonds. The molecule has 1 saturated heterocycles. The van der Waals surface area contributed by atoms with Crippen LogP contribution in [-0.2, 0) is 0 Å². The van der Waals surface area contributed by atoms with Crippen LogP contribution in [-0.4, -0.2) is 30.1 Å². The summed E-state index contributed by atoms with van der Waals surface area (Å²) in [5.74, 6) is 1.93. The standard InChI is InChI=1S/C14H23N3O2/c1-9-8-13(11(3)19-9)10(2)16-12-4-6-17(7-5-12)14(15)18/h8,10,12,16H,4-7H2,1-3H3,(H2,15,18). The third-order valence-electron chi connectivity index (χ3n) is 3.84. The topological polar surface area (TPSA) is 71.5 Å². The van der Waals surface area contributed by atoms with Gasteiger partial charge in [-0.3, -0.25) is 0 Å². The number of primary amides is 1. The number of urea groups is 1. The maximum absolute atomic E-state index is 11.1. The van der Waals surface area contributed by atoms with Crippen LogP contribution in [0.3, 0.4) is 0 Å². The highest BCUT2D eigenvalue weighted by Crippen LogP contribution is 2.23. The number of furan rings is 1. The van der Waals surface area contributed by atoms with Crippen molar-refractivity contribution in [3.05, 3.63) is 23.2 Å². The SMILES string of the molecule is Cc1cc(C(C)NC2CCN(C(N)=O)CC2)c(C)o1. The second kappa shape index (κ2) is 5.65. The Hall–Kier alpha value is -1.49. The Morgan fingerprint density at radius 3 is 2.58 bits per heavy atom. The highest BCUT2D eigenvalue weighted by Gasteiger charge is 2.23. The minimum Gasteiger partial charge on any atom is -0.466 e. The number of amides is 2. The summed E-state index contributed by atoms with van der Waals surface area (Å²) in [4.78, 5) is 12.8. The second-order valence-corrected chi connectivity index (χ2v) is 5.36. The molecule has 19 heavy (non-hydrogen) atoms. The summed E-state index contributed by atoms with van der Waals surface area (Å²) in [7, 11) is 0. The van der Waals surface area contributed by atoms with Crippen LogP contribution in [0.2, 0.25) is 0 Å². The molecule has 0 radical (unpaired) electrons. The van der Waals surface area contributed by atoms with E-state index < -0.39 is 0 Å². The van der Waals surface area contributed by atoms with Crippen molar-refractivity contribution in [3.8, 4) is 0 Å². The molecule has 1 atom stereocenters. The molecule has 5 heteroatoms. The highest BCUT2D eigenvalue weighted by molar-refractivity contribution is 5.72. The van der Waals surface area contributed by atoms with E-state index in [9.17, 15) is 4.79 Å². The van der Waals surface area contributed by atoms with E-state index in [1.54, 1.807) is 4.90 Å². The van der Waals surface area contributed by atoms with Gasteiger partial charge in [0, 0.05) is 30.7 Å². The predicted octanol–water partition coefficient (Wildman–Crippen LogP) is 2.09. The van der Waals surface area contributed by atoms with Crippen LogP contribution in [0.15, 0.2) is 10.5 Å². The van der Waals surface area contributed by atoms with Crippen LogP contribution in [0.4, 0.5) is 4.79 Å². The normalized spacial score (nSPS) is 18.6. The van der Waals surface area contributed by atoms with Gasteiger partial charge in [-0.2, -0.15) is 0 Å². The molecule has 0 aromatic carbocycles. The molecule has 0 spiro atoms. The highest BCUT2D eigenvalue weighted by atomic mass is 16.3. The van der Waals surface area contributed by atoms with Crippen molar-refractivity contribution < 1.29 is 9.21 Å². The zero-order chi connectivity index (χ0) is 14.0. The fourth-order valence-electron chi connectivity index (χ4n) is 2.79. The summed E-state index contributed by atoms with van der Waals surface area (Å²) in [6.07, 6.45) is 1.90. The molecule has 1 aromatic heterocycles. The molecule has 106 valence electrons. The molecular formula is C14H23N3O2.